The minimum absolute atomic E-state index is 0.284. The van der Waals surface area contributed by atoms with Crippen LogP contribution in [0.4, 0.5) is 5.69 Å². The van der Waals surface area contributed by atoms with Crippen molar-refractivity contribution in [1.29, 1.82) is 0 Å². The minimum Gasteiger partial charge on any atom is -0.491 e. The van der Waals surface area contributed by atoms with Gasteiger partial charge >= 0.3 is 0 Å². The quantitative estimate of drug-likeness (QED) is 0.685. The SMILES string of the molecule is Cc1ccc([N+](C)(C)CC(O)COc2ccc3ccccc3c2)cc1. The van der Waals surface area contributed by atoms with E-state index in [1.807, 2.05) is 30.3 Å². The molecule has 130 valence electrons. The van der Waals surface area contributed by atoms with Crippen molar-refractivity contribution < 1.29 is 9.84 Å². The molecule has 3 aromatic carbocycles. The van der Waals surface area contributed by atoms with Crippen LogP contribution in [0.15, 0.2) is 66.7 Å². The lowest BCUT2D eigenvalue weighted by Gasteiger charge is -2.31. The number of likely N-dealkylation sites (N-methyl/N-ethyl adjacent to an activating group) is 1. The summed E-state index contributed by atoms with van der Waals surface area (Å²) in [5, 5.41) is 12.8. The van der Waals surface area contributed by atoms with Gasteiger partial charge in [0.15, 0.2) is 0 Å². The van der Waals surface area contributed by atoms with Gasteiger partial charge in [-0.05, 0) is 42.0 Å². The molecule has 3 heteroatoms. The number of benzene rings is 3. The molecule has 0 bridgehead atoms. The molecule has 0 aliphatic heterocycles. The molecule has 0 aliphatic rings. The van der Waals surface area contributed by atoms with Crippen LogP contribution in [0, 0.1) is 6.92 Å². The van der Waals surface area contributed by atoms with Crippen LogP contribution < -0.4 is 9.22 Å². The van der Waals surface area contributed by atoms with E-state index in [1.54, 1.807) is 0 Å². The molecule has 1 unspecified atom stereocenters. The van der Waals surface area contributed by atoms with Gasteiger partial charge in [-0.1, -0.05) is 48.0 Å². The molecule has 0 saturated carbocycles. The second kappa shape index (κ2) is 7.26. The van der Waals surface area contributed by atoms with Crippen LogP contribution in [0.1, 0.15) is 5.56 Å². The topological polar surface area (TPSA) is 29.5 Å². The van der Waals surface area contributed by atoms with Crippen LogP contribution in [-0.4, -0.2) is 38.5 Å². The average Bonchev–Trinajstić information content (AvgIpc) is 2.60. The van der Waals surface area contributed by atoms with Crippen LogP contribution in [0.3, 0.4) is 0 Å². The largest absolute Gasteiger partial charge is 0.491 e. The summed E-state index contributed by atoms with van der Waals surface area (Å²) in [5.74, 6) is 0.790. The fourth-order valence-electron chi connectivity index (χ4n) is 3.08. The molecule has 3 aromatic rings. The molecular weight excluding hydrogens is 310 g/mol. The third kappa shape index (κ3) is 4.38. The third-order valence-corrected chi connectivity index (χ3v) is 4.56. The highest BCUT2D eigenvalue weighted by Gasteiger charge is 2.23. The number of hydrogen-bond donors (Lipinski definition) is 1. The number of aryl methyl sites for hydroxylation is 1. The van der Waals surface area contributed by atoms with E-state index >= 15 is 0 Å². The predicted molar refractivity (Wildman–Crippen MR) is 105 cm³/mol. The lowest BCUT2D eigenvalue weighted by atomic mass is 10.1. The number of nitrogens with zero attached hydrogens (tertiary/aromatic N) is 1. The van der Waals surface area contributed by atoms with Gasteiger partial charge < -0.3 is 9.84 Å². The van der Waals surface area contributed by atoms with Gasteiger partial charge in [-0.25, -0.2) is 0 Å². The molecule has 0 heterocycles. The summed E-state index contributed by atoms with van der Waals surface area (Å²) in [6, 6.07) is 22.6. The molecule has 0 radical (unpaired) electrons. The van der Waals surface area contributed by atoms with Crippen LogP contribution >= 0.6 is 0 Å². The molecule has 3 nitrogen and oxygen atoms in total. The van der Waals surface area contributed by atoms with E-state index in [0.29, 0.717) is 11.0 Å². The average molecular weight is 336 g/mol. The molecule has 25 heavy (non-hydrogen) atoms. The van der Waals surface area contributed by atoms with E-state index < -0.39 is 6.10 Å². The van der Waals surface area contributed by atoms with Gasteiger partial charge in [0.25, 0.3) is 0 Å². The van der Waals surface area contributed by atoms with Crippen LogP contribution in [-0.2, 0) is 0 Å². The maximum Gasteiger partial charge on any atom is 0.137 e. The standard InChI is InChI=1S/C22H26NO2/c1-17-8-11-20(12-9-17)23(2,3)15-21(24)16-25-22-13-10-18-6-4-5-7-19(18)14-22/h4-14,21,24H,15-16H2,1-3H3/q+1. The van der Waals surface area contributed by atoms with Crippen molar-refractivity contribution in [2.45, 2.75) is 13.0 Å². The highest BCUT2D eigenvalue weighted by atomic mass is 16.5. The van der Waals surface area contributed by atoms with Gasteiger partial charge in [0.1, 0.15) is 30.7 Å². The van der Waals surface area contributed by atoms with Gasteiger partial charge in [-0.2, -0.15) is 0 Å². The van der Waals surface area contributed by atoms with Gasteiger partial charge in [0.05, 0.1) is 14.1 Å². The molecule has 0 aliphatic carbocycles. The first-order chi connectivity index (χ1) is 11.9. The highest BCUT2D eigenvalue weighted by molar-refractivity contribution is 5.83. The predicted octanol–water partition coefficient (Wildman–Crippen LogP) is 4.16. The van der Waals surface area contributed by atoms with E-state index in [9.17, 15) is 5.11 Å². The first-order valence-corrected chi connectivity index (χ1v) is 8.64. The Labute approximate surface area is 149 Å². The van der Waals surface area contributed by atoms with Crippen molar-refractivity contribution in [3.8, 4) is 5.75 Å². The summed E-state index contributed by atoms with van der Waals surface area (Å²) in [5.41, 5.74) is 2.42. The van der Waals surface area contributed by atoms with E-state index in [-0.39, 0.29) is 6.61 Å². The number of aliphatic hydroxyl groups is 1. The Balaban J connectivity index is 1.61. The Bertz CT molecular complexity index is 840. The number of aliphatic hydroxyl groups excluding tert-OH is 1. The van der Waals surface area contributed by atoms with E-state index in [0.717, 1.165) is 11.1 Å². The molecule has 1 N–H and O–H groups in total. The lowest BCUT2D eigenvalue weighted by Crippen LogP contribution is -2.47. The Morgan fingerprint density at radius 3 is 2.32 bits per heavy atom. The fourth-order valence-corrected chi connectivity index (χ4v) is 3.08. The summed E-state index contributed by atoms with van der Waals surface area (Å²) in [6.45, 7) is 2.96. The Morgan fingerprint density at radius 2 is 1.60 bits per heavy atom. The summed E-state index contributed by atoms with van der Waals surface area (Å²) < 4.78 is 6.43. The lowest BCUT2D eigenvalue weighted by molar-refractivity contribution is 0.0841. The zero-order valence-electron chi connectivity index (χ0n) is 15.1. The molecule has 0 aromatic heterocycles. The molecule has 3 rings (SSSR count). The van der Waals surface area contributed by atoms with E-state index in [2.05, 4.69) is 57.4 Å². The van der Waals surface area contributed by atoms with Crippen molar-refractivity contribution in [3.05, 3.63) is 72.3 Å². The second-order valence-electron chi connectivity index (χ2n) is 7.18. The van der Waals surface area contributed by atoms with Crippen molar-refractivity contribution in [2.24, 2.45) is 0 Å². The van der Waals surface area contributed by atoms with Crippen molar-refractivity contribution in [1.82, 2.24) is 4.48 Å². The molecule has 1 atom stereocenters. The zero-order valence-corrected chi connectivity index (χ0v) is 15.1. The summed E-state index contributed by atoms with van der Waals surface area (Å²) in [7, 11) is 4.20. The zero-order chi connectivity index (χ0) is 17.9. The second-order valence-corrected chi connectivity index (χ2v) is 7.18. The maximum atomic E-state index is 10.4. The van der Waals surface area contributed by atoms with Gasteiger partial charge in [-0.15, -0.1) is 0 Å². The van der Waals surface area contributed by atoms with Crippen molar-refractivity contribution >= 4 is 16.5 Å². The van der Waals surface area contributed by atoms with Crippen LogP contribution in [0.25, 0.3) is 10.8 Å². The van der Waals surface area contributed by atoms with Crippen molar-refractivity contribution in [3.63, 3.8) is 0 Å². The molecule has 0 amide bonds. The third-order valence-electron chi connectivity index (χ3n) is 4.56. The molecule has 0 saturated heterocycles. The van der Waals surface area contributed by atoms with Crippen LogP contribution in [0.5, 0.6) is 5.75 Å². The summed E-state index contributed by atoms with van der Waals surface area (Å²) >= 11 is 0. The minimum atomic E-state index is -0.539. The van der Waals surface area contributed by atoms with Crippen LogP contribution in [0.2, 0.25) is 0 Å². The van der Waals surface area contributed by atoms with Crippen molar-refractivity contribution in [2.75, 3.05) is 27.2 Å². The monoisotopic (exact) mass is 336 g/mol. The maximum absolute atomic E-state index is 10.4. The fraction of sp³-hybridized carbons (Fsp3) is 0.273. The number of hydrogen-bond acceptors (Lipinski definition) is 2. The number of rotatable bonds is 6. The molecule has 0 spiro atoms. The smallest absolute Gasteiger partial charge is 0.137 e. The number of fused-ring (bicyclic) bond motifs is 1. The first-order valence-electron chi connectivity index (χ1n) is 8.64. The highest BCUT2D eigenvalue weighted by Crippen LogP contribution is 2.22. The summed E-state index contributed by atoms with van der Waals surface area (Å²) in [6.07, 6.45) is -0.539. The number of ether oxygens (including phenoxy) is 1. The Morgan fingerprint density at radius 1 is 0.920 bits per heavy atom. The normalized spacial score (nSPS) is 13.0. The first kappa shape index (κ1) is 17.5. The van der Waals surface area contributed by atoms with Gasteiger partial charge in [0.2, 0.25) is 0 Å². The molecular formula is C22H26NO2+. The van der Waals surface area contributed by atoms with Gasteiger partial charge in [-0.3, -0.25) is 4.48 Å². The Hall–Kier alpha value is -2.36. The summed E-state index contributed by atoms with van der Waals surface area (Å²) in [4.78, 5) is 0. The van der Waals surface area contributed by atoms with Gasteiger partial charge in [0, 0.05) is 0 Å². The number of quaternary nitrogens is 1. The molecule has 0 fully saturated rings. The van der Waals surface area contributed by atoms with E-state index in [1.165, 1.54) is 16.6 Å². The Kier molecular flexibility index (Phi) is 5.07. The van der Waals surface area contributed by atoms with E-state index in [4.69, 9.17) is 4.74 Å².